The number of aliphatic hydroxyl groups is 1. The highest BCUT2D eigenvalue weighted by atomic mass is 79.9. The van der Waals surface area contributed by atoms with Gasteiger partial charge in [0, 0.05) is 19.1 Å². The van der Waals surface area contributed by atoms with Crippen LogP contribution < -0.4 is 15.2 Å². The van der Waals surface area contributed by atoms with Crippen molar-refractivity contribution < 1.29 is 14.6 Å². The van der Waals surface area contributed by atoms with E-state index in [0.717, 1.165) is 18.5 Å². The minimum absolute atomic E-state index is 0.0792. The Morgan fingerprint density at radius 2 is 1.96 bits per heavy atom. The van der Waals surface area contributed by atoms with Crippen molar-refractivity contribution in [3.05, 3.63) is 23.1 Å². The van der Waals surface area contributed by atoms with Gasteiger partial charge in [-0.05, 0) is 28.4 Å². The Morgan fingerprint density at radius 1 is 1.15 bits per heavy atom. The summed E-state index contributed by atoms with van der Waals surface area (Å²) in [4.78, 5) is 17.3. The van der Waals surface area contributed by atoms with Crippen molar-refractivity contribution in [3.8, 4) is 17.6 Å². The first-order valence-corrected chi connectivity index (χ1v) is 9.47. The van der Waals surface area contributed by atoms with Gasteiger partial charge < -0.3 is 20.3 Å². The van der Waals surface area contributed by atoms with Crippen LogP contribution in [0, 0.1) is 0 Å². The largest absolute Gasteiger partial charge is 0.478 e. The SMILES string of the molecule is CCCCOc1nc(N)c2nc(Br)n(-c3ccc(OCCCO)nc3)c2n1. The van der Waals surface area contributed by atoms with Crippen LogP contribution in [0.4, 0.5) is 5.82 Å². The number of unbranched alkanes of at least 4 members (excludes halogenated alkanes) is 1. The van der Waals surface area contributed by atoms with E-state index >= 15 is 0 Å². The van der Waals surface area contributed by atoms with Crippen molar-refractivity contribution in [2.24, 2.45) is 0 Å². The van der Waals surface area contributed by atoms with Crippen LogP contribution in [0.15, 0.2) is 23.1 Å². The molecule has 3 heterocycles. The number of imidazole rings is 1. The summed E-state index contributed by atoms with van der Waals surface area (Å²) in [5.74, 6) is 0.730. The smallest absolute Gasteiger partial charge is 0.320 e. The fourth-order valence-corrected chi connectivity index (χ4v) is 2.91. The van der Waals surface area contributed by atoms with Crippen molar-refractivity contribution in [1.82, 2.24) is 24.5 Å². The summed E-state index contributed by atoms with van der Waals surface area (Å²) in [5, 5.41) is 8.81. The topological polar surface area (TPSA) is 121 Å². The molecular formula is C17H21BrN6O3. The zero-order valence-corrected chi connectivity index (χ0v) is 16.5. The Bertz CT molecular complexity index is 900. The standard InChI is InChI=1S/C17H21BrN6O3/c1-2-3-8-27-17-22-14(19)13-15(23-17)24(16(18)21-13)11-5-6-12(20-10-11)26-9-4-7-25/h5-6,10,25H,2-4,7-9H2,1H3,(H2,19,22,23). The summed E-state index contributed by atoms with van der Waals surface area (Å²) < 4.78 is 13.3. The Balaban J connectivity index is 1.92. The molecule has 0 unspecified atom stereocenters. The van der Waals surface area contributed by atoms with Crippen LogP contribution in [0.5, 0.6) is 11.9 Å². The molecule has 0 atom stereocenters. The number of nitrogens with zero attached hydrogens (tertiary/aromatic N) is 5. The average Bonchev–Trinajstić information content (AvgIpc) is 2.99. The first-order valence-electron chi connectivity index (χ1n) is 8.68. The molecule has 0 saturated heterocycles. The molecule has 0 aliphatic carbocycles. The Hall–Kier alpha value is -2.46. The summed E-state index contributed by atoms with van der Waals surface area (Å²) in [6.45, 7) is 3.09. The van der Waals surface area contributed by atoms with Gasteiger partial charge in [-0.25, -0.2) is 9.97 Å². The number of pyridine rings is 1. The number of hydrogen-bond donors (Lipinski definition) is 2. The molecule has 3 N–H and O–H groups in total. The highest BCUT2D eigenvalue weighted by molar-refractivity contribution is 9.10. The summed E-state index contributed by atoms with van der Waals surface area (Å²) in [5.41, 5.74) is 7.77. The van der Waals surface area contributed by atoms with E-state index in [1.54, 1.807) is 16.8 Å². The number of fused-ring (bicyclic) bond motifs is 1. The van der Waals surface area contributed by atoms with Crippen molar-refractivity contribution >= 4 is 32.9 Å². The van der Waals surface area contributed by atoms with Crippen molar-refractivity contribution in [2.75, 3.05) is 25.6 Å². The monoisotopic (exact) mass is 436 g/mol. The molecule has 0 aromatic carbocycles. The second-order valence-electron chi connectivity index (χ2n) is 5.76. The summed E-state index contributed by atoms with van der Waals surface area (Å²) in [6, 6.07) is 3.80. The second-order valence-corrected chi connectivity index (χ2v) is 6.47. The molecule has 3 aromatic heterocycles. The van der Waals surface area contributed by atoms with Crippen molar-refractivity contribution in [2.45, 2.75) is 26.2 Å². The molecule has 144 valence electrons. The van der Waals surface area contributed by atoms with Crippen LogP contribution in [0.25, 0.3) is 16.9 Å². The van der Waals surface area contributed by atoms with Gasteiger partial charge in [-0.1, -0.05) is 13.3 Å². The van der Waals surface area contributed by atoms with Crippen molar-refractivity contribution in [3.63, 3.8) is 0 Å². The number of nitrogen functional groups attached to an aromatic ring is 1. The van der Waals surface area contributed by atoms with Gasteiger partial charge in [-0.3, -0.25) is 4.57 Å². The number of nitrogens with two attached hydrogens (primary N) is 1. The van der Waals surface area contributed by atoms with Crippen LogP contribution in [-0.2, 0) is 0 Å². The van der Waals surface area contributed by atoms with Gasteiger partial charge in [-0.15, -0.1) is 0 Å². The third-order valence-electron chi connectivity index (χ3n) is 3.73. The van der Waals surface area contributed by atoms with Crippen LogP contribution in [0.2, 0.25) is 0 Å². The van der Waals surface area contributed by atoms with E-state index < -0.39 is 0 Å². The number of anilines is 1. The number of halogens is 1. The van der Waals surface area contributed by atoms with E-state index in [9.17, 15) is 0 Å². The lowest BCUT2D eigenvalue weighted by Gasteiger charge is -2.08. The molecule has 10 heteroatoms. The predicted molar refractivity (Wildman–Crippen MR) is 104 cm³/mol. The normalized spacial score (nSPS) is 11.1. The maximum absolute atomic E-state index is 8.81. The minimum Gasteiger partial charge on any atom is -0.478 e. The van der Waals surface area contributed by atoms with E-state index in [4.69, 9.17) is 20.3 Å². The number of ether oxygens (including phenoxy) is 2. The zero-order chi connectivity index (χ0) is 19.2. The van der Waals surface area contributed by atoms with Gasteiger partial charge in [0.15, 0.2) is 21.7 Å². The van der Waals surface area contributed by atoms with Crippen LogP contribution >= 0.6 is 15.9 Å². The number of aliphatic hydroxyl groups excluding tert-OH is 1. The van der Waals surface area contributed by atoms with Gasteiger partial charge >= 0.3 is 6.01 Å². The highest BCUT2D eigenvalue weighted by Gasteiger charge is 2.17. The van der Waals surface area contributed by atoms with Crippen LogP contribution in [0.3, 0.4) is 0 Å². The fraction of sp³-hybridized carbons (Fsp3) is 0.412. The predicted octanol–water partition coefficient (Wildman–Crippen LogP) is 2.50. The van der Waals surface area contributed by atoms with Gasteiger partial charge in [0.1, 0.15) is 0 Å². The molecule has 0 saturated carbocycles. The fourth-order valence-electron chi connectivity index (χ4n) is 2.36. The molecule has 3 aromatic rings. The Kier molecular flexibility index (Phi) is 6.40. The molecule has 0 aliphatic heterocycles. The highest BCUT2D eigenvalue weighted by Crippen LogP contribution is 2.28. The molecule has 0 radical (unpaired) electrons. The summed E-state index contributed by atoms with van der Waals surface area (Å²) >= 11 is 3.44. The summed E-state index contributed by atoms with van der Waals surface area (Å²) in [6.07, 6.45) is 4.12. The molecule has 27 heavy (non-hydrogen) atoms. The maximum atomic E-state index is 8.81. The van der Waals surface area contributed by atoms with Crippen molar-refractivity contribution in [1.29, 1.82) is 0 Å². The molecule has 0 aliphatic rings. The lowest BCUT2D eigenvalue weighted by Crippen LogP contribution is -2.05. The lowest BCUT2D eigenvalue weighted by molar-refractivity contribution is 0.229. The molecule has 3 rings (SSSR count). The van der Waals surface area contributed by atoms with Gasteiger partial charge in [0.25, 0.3) is 0 Å². The number of aromatic nitrogens is 5. The average molecular weight is 437 g/mol. The van der Waals surface area contributed by atoms with E-state index in [2.05, 4.69) is 42.8 Å². The Labute approximate surface area is 164 Å². The van der Waals surface area contributed by atoms with Crippen LogP contribution in [-0.4, -0.2) is 49.4 Å². The molecule has 0 amide bonds. The first-order chi connectivity index (χ1) is 13.1. The van der Waals surface area contributed by atoms with E-state index in [1.165, 1.54) is 0 Å². The third-order valence-corrected chi connectivity index (χ3v) is 4.26. The molecule has 0 spiro atoms. The van der Waals surface area contributed by atoms with E-state index in [1.807, 2.05) is 6.07 Å². The second kappa shape index (κ2) is 8.96. The van der Waals surface area contributed by atoms with E-state index in [0.29, 0.717) is 41.4 Å². The van der Waals surface area contributed by atoms with E-state index in [-0.39, 0.29) is 18.4 Å². The Morgan fingerprint density at radius 3 is 2.67 bits per heavy atom. The lowest BCUT2D eigenvalue weighted by atomic mass is 10.4. The molecule has 0 fully saturated rings. The number of hydrogen-bond acceptors (Lipinski definition) is 8. The van der Waals surface area contributed by atoms with Crippen LogP contribution in [0.1, 0.15) is 26.2 Å². The first kappa shape index (κ1) is 19.3. The maximum Gasteiger partial charge on any atom is 0.320 e. The molecule has 9 nitrogen and oxygen atoms in total. The van der Waals surface area contributed by atoms with Gasteiger partial charge in [0.2, 0.25) is 5.88 Å². The summed E-state index contributed by atoms with van der Waals surface area (Å²) in [7, 11) is 0. The molecule has 0 bridgehead atoms. The molecular weight excluding hydrogens is 416 g/mol. The zero-order valence-electron chi connectivity index (χ0n) is 14.9. The van der Waals surface area contributed by atoms with Gasteiger partial charge in [0.05, 0.1) is 25.1 Å². The third kappa shape index (κ3) is 4.45. The minimum atomic E-state index is 0.0792. The number of rotatable bonds is 9. The van der Waals surface area contributed by atoms with Gasteiger partial charge in [-0.2, -0.15) is 9.97 Å². The quantitative estimate of drug-likeness (QED) is 0.387.